The number of fused-ring (bicyclic) bond motifs is 2. The van der Waals surface area contributed by atoms with Crippen molar-refractivity contribution in [2.75, 3.05) is 19.9 Å². The van der Waals surface area contributed by atoms with E-state index in [0.29, 0.717) is 0 Å². The number of carbonyl (C=O) groups is 1. The van der Waals surface area contributed by atoms with Crippen LogP contribution in [0.2, 0.25) is 0 Å². The molecule has 21 heavy (non-hydrogen) atoms. The minimum Gasteiger partial charge on any atom is -0.454 e. The molecule has 2 N–H and O–H groups in total. The van der Waals surface area contributed by atoms with Gasteiger partial charge in [0.25, 0.3) is 5.91 Å². The molecule has 1 aromatic heterocycles. The van der Waals surface area contributed by atoms with Gasteiger partial charge in [-0.3, -0.25) is 4.79 Å². The van der Waals surface area contributed by atoms with E-state index in [9.17, 15) is 4.79 Å². The maximum Gasteiger partial charge on any atom is 0.261 e. The predicted octanol–water partition coefficient (Wildman–Crippen LogP) is 2.11. The van der Waals surface area contributed by atoms with Crippen molar-refractivity contribution >= 4 is 27.3 Å². The van der Waals surface area contributed by atoms with Gasteiger partial charge in [0.2, 0.25) is 6.79 Å². The molecule has 2 aliphatic rings. The molecule has 6 heteroatoms. The average molecular weight is 304 g/mol. The van der Waals surface area contributed by atoms with Crippen molar-refractivity contribution in [1.29, 1.82) is 0 Å². The third kappa shape index (κ3) is 2.45. The molecule has 4 rings (SSSR count). The van der Waals surface area contributed by atoms with Crippen molar-refractivity contribution in [2.24, 2.45) is 0 Å². The minimum atomic E-state index is 0.00639. The number of hydrogen-bond donors (Lipinski definition) is 2. The summed E-state index contributed by atoms with van der Waals surface area (Å²) in [6, 6.07) is 6.04. The highest BCUT2D eigenvalue weighted by atomic mass is 32.1. The molecule has 1 atom stereocenters. The summed E-state index contributed by atoms with van der Waals surface area (Å²) in [5.41, 5.74) is 0. The maximum absolute atomic E-state index is 12.3. The van der Waals surface area contributed by atoms with Crippen LogP contribution in [0, 0.1) is 0 Å². The van der Waals surface area contributed by atoms with E-state index in [4.69, 9.17) is 9.47 Å². The number of hydrogen-bond acceptors (Lipinski definition) is 5. The van der Waals surface area contributed by atoms with Crippen LogP contribution in [0.15, 0.2) is 18.2 Å². The lowest BCUT2D eigenvalue weighted by atomic mass is 10.1. The molecule has 1 aromatic carbocycles. The topological polar surface area (TPSA) is 59.6 Å². The van der Waals surface area contributed by atoms with Crippen LogP contribution < -0.4 is 20.1 Å². The molecule has 2 aromatic rings. The zero-order valence-electron chi connectivity index (χ0n) is 11.5. The van der Waals surface area contributed by atoms with Crippen molar-refractivity contribution in [2.45, 2.75) is 18.9 Å². The van der Waals surface area contributed by atoms with Crippen LogP contribution in [0.25, 0.3) is 10.1 Å². The van der Waals surface area contributed by atoms with Crippen molar-refractivity contribution in [3.63, 3.8) is 0 Å². The van der Waals surface area contributed by atoms with Crippen LogP contribution in [0.4, 0.5) is 0 Å². The first kappa shape index (κ1) is 12.9. The number of benzene rings is 1. The van der Waals surface area contributed by atoms with Crippen LogP contribution in [0.3, 0.4) is 0 Å². The Bertz CT molecular complexity index is 651. The first-order chi connectivity index (χ1) is 10.3. The van der Waals surface area contributed by atoms with Gasteiger partial charge < -0.3 is 20.1 Å². The Morgan fingerprint density at radius 3 is 2.95 bits per heavy atom. The molecule has 3 heterocycles. The van der Waals surface area contributed by atoms with Crippen molar-refractivity contribution in [1.82, 2.24) is 10.6 Å². The number of piperidine rings is 1. The molecule has 0 spiro atoms. The number of ether oxygens (including phenoxy) is 2. The van der Waals surface area contributed by atoms with Gasteiger partial charge in [0.05, 0.1) is 4.88 Å². The summed E-state index contributed by atoms with van der Waals surface area (Å²) in [5.74, 6) is 1.52. The fourth-order valence-electron chi connectivity index (χ4n) is 2.77. The van der Waals surface area contributed by atoms with Crippen LogP contribution in [0.5, 0.6) is 11.5 Å². The molecule has 1 saturated heterocycles. The van der Waals surface area contributed by atoms with Crippen LogP contribution in [-0.2, 0) is 0 Å². The zero-order valence-corrected chi connectivity index (χ0v) is 12.3. The summed E-state index contributed by atoms with van der Waals surface area (Å²) in [6.45, 7) is 2.17. The highest BCUT2D eigenvalue weighted by molar-refractivity contribution is 7.20. The molecular formula is C15H16N2O3S. The van der Waals surface area contributed by atoms with Gasteiger partial charge in [-0.25, -0.2) is 0 Å². The Kier molecular flexibility index (Phi) is 3.20. The van der Waals surface area contributed by atoms with Gasteiger partial charge in [0, 0.05) is 23.4 Å². The monoisotopic (exact) mass is 304 g/mol. The predicted molar refractivity (Wildman–Crippen MR) is 81.3 cm³/mol. The quantitative estimate of drug-likeness (QED) is 0.892. The molecular weight excluding hydrogens is 288 g/mol. The van der Waals surface area contributed by atoms with Gasteiger partial charge in [-0.15, -0.1) is 11.3 Å². The second-order valence-corrected chi connectivity index (χ2v) is 6.45. The summed E-state index contributed by atoms with van der Waals surface area (Å²) in [6.07, 6.45) is 2.15. The van der Waals surface area contributed by atoms with E-state index in [1.54, 1.807) is 0 Å². The van der Waals surface area contributed by atoms with Gasteiger partial charge in [-0.2, -0.15) is 0 Å². The summed E-state index contributed by atoms with van der Waals surface area (Å²) >= 11 is 1.49. The van der Waals surface area contributed by atoms with E-state index in [2.05, 4.69) is 10.6 Å². The molecule has 1 amide bonds. The van der Waals surface area contributed by atoms with Crippen molar-refractivity contribution in [3.8, 4) is 11.5 Å². The number of thiophene rings is 1. The molecule has 110 valence electrons. The highest BCUT2D eigenvalue weighted by Crippen LogP contribution is 2.39. The molecule has 0 aliphatic carbocycles. The summed E-state index contributed by atoms with van der Waals surface area (Å²) in [4.78, 5) is 13.1. The average Bonchev–Trinajstić information content (AvgIpc) is 3.11. The Morgan fingerprint density at radius 1 is 1.29 bits per heavy atom. The molecule has 0 unspecified atom stereocenters. The normalized spacial score (nSPS) is 20.7. The second kappa shape index (κ2) is 5.20. The van der Waals surface area contributed by atoms with Crippen molar-refractivity contribution in [3.05, 3.63) is 23.1 Å². The SMILES string of the molecule is O=C(N[C@@H]1CCCNC1)c1cc2cc3c(cc2s1)OCO3. The third-order valence-corrected chi connectivity index (χ3v) is 4.96. The lowest BCUT2D eigenvalue weighted by molar-refractivity contribution is 0.0935. The first-order valence-corrected chi connectivity index (χ1v) is 7.96. The second-order valence-electron chi connectivity index (χ2n) is 5.37. The van der Waals surface area contributed by atoms with Crippen LogP contribution in [0.1, 0.15) is 22.5 Å². The van der Waals surface area contributed by atoms with Crippen LogP contribution in [-0.4, -0.2) is 31.8 Å². The highest BCUT2D eigenvalue weighted by Gasteiger charge is 2.20. The Labute approximate surface area is 126 Å². The summed E-state index contributed by atoms with van der Waals surface area (Å²) in [7, 11) is 0. The maximum atomic E-state index is 12.3. The Morgan fingerprint density at radius 2 is 2.14 bits per heavy atom. The van der Waals surface area contributed by atoms with E-state index in [0.717, 1.165) is 52.4 Å². The molecule has 0 bridgehead atoms. The number of carbonyl (C=O) groups excluding carboxylic acids is 1. The molecule has 2 aliphatic heterocycles. The largest absolute Gasteiger partial charge is 0.454 e. The lowest BCUT2D eigenvalue weighted by Gasteiger charge is -2.23. The summed E-state index contributed by atoms with van der Waals surface area (Å²) < 4.78 is 11.8. The van der Waals surface area contributed by atoms with Crippen molar-refractivity contribution < 1.29 is 14.3 Å². The van der Waals surface area contributed by atoms with E-state index >= 15 is 0 Å². The van der Waals surface area contributed by atoms with E-state index < -0.39 is 0 Å². The van der Waals surface area contributed by atoms with Gasteiger partial charge in [0.15, 0.2) is 11.5 Å². The Hall–Kier alpha value is -1.79. The molecule has 1 fully saturated rings. The zero-order chi connectivity index (χ0) is 14.2. The Balaban J connectivity index is 1.57. The first-order valence-electron chi connectivity index (χ1n) is 7.14. The fraction of sp³-hybridized carbons (Fsp3) is 0.400. The van der Waals surface area contributed by atoms with Gasteiger partial charge in [-0.05, 0) is 36.9 Å². The van der Waals surface area contributed by atoms with Gasteiger partial charge in [-0.1, -0.05) is 0 Å². The van der Waals surface area contributed by atoms with Gasteiger partial charge in [0.1, 0.15) is 0 Å². The molecule has 0 radical (unpaired) electrons. The standard InChI is InChI=1S/C15H16N2O3S/c18-15(17-10-2-1-3-16-7-10)14-5-9-4-11-12(20-8-19-11)6-13(9)21-14/h4-6,10,16H,1-3,7-8H2,(H,17,18)/t10-/m1/s1. The van der Waals surface area contributed by atoms with E-state index in [1.165, 1.54) is 11.3 Å². The van der Waals surface area contributed by atoms with E-state index in [1.807, 2.05) is 18.2 Å². The molecule has 5 nitrogen and oxygen atoms in total. The third-order valence-electron chi connectivity index (χ3n) is 3.87. The van der Waals surface area contributed by atoms with Gasteiger partial charge >= 0.3 is 0 Å². The number of nitrogens with one attached hydrogen (secondary N) is 2. The number of amides is 1. The fourth-order valence-corrected chi connectivity index (χ4v) is 3.75. The number of rotatable bonds is 2. The lowest BCUT2D eigenvalue weighted by Crippen LogP contribution is -2.45. The van der Waals surface area contributed by atoms with E-state index in [-0.39, 0.29) is 18.7 Å². The molecule has 0 saturated carbocycles. The smallest absolute Gasteiger partial charge is 0.261 e. The van der Waals surface area contributed by atoms with Crippen LogP contribution >= 0.6 is 11.3 Å². The summed E-state index contributed by atoms with van der Waals surface area (Å²) in [5, 5.41) is 7.43. The minimum absolute atomic E-state index is 0.00639.